The minimum absolute atomic E-state index is 0.0330. The molecule has 2 amide bonds. The third kappa shape index (κ3) is 3.65. The predicted molar refractivity (Wildman–Crippen MR) is 94.7 cm³/mol. The van der Waals surface area contributed by atoms with Crippen LogP contribution in [0.4, 0.5) is 0 Å². The first-order valence-electron chi connectivity index (χ1n) is 9.39. The predicted octanol–water partition coefficient (Wildman–Crippen LogP) is 3.20. The molecule has 5 heteroatoms. The summed E-state index contributed by atoms with van der Waals surface area (Å²) in [4.78, 5) is 26.6. The molecule has 2 unspecified atom stereocenters. The summed E-state index contributed by atoms with van der Waals surface area (Å²) in [7, 11) is 0. The van der Waals surface area contributed by atoms with Gasteiger partial charge in [-0.25, -0.2) is 0 Å². The van der Waals surface area contributed by atoms with Crippen LogP contribution < -0.4 is 9.47 Å². The van der Waals surface area contributed by atoms with Gasteiger partial charge in [-0.05, 0) is 50.8 Å². The van der Waals surface area contributed by atoms with Crippen LogP contribution in [0.1, 0.15) is 45.1 Å². The van der Waals surface area contributed by atoms with Crippen molar-refractivity contribution in [1.29, 1.82) is 0 Å². The number of imide groups is 1. The molecule has 0 bridgehead atoms. The fraction of sp³-hybridized carbons (Fsp3) is 0.600. The molecular weight excluding hydrogens is 318 g/mol. The van der Waals surface area contributed by atoms with Crippen molar-refractivity contribution in [3.63, 3.8) is 0 Å². The molecule has 2 atom stereocenters. The first-order chi connectivity index (χ1) is 12.2. The maximum absolute atomic E-state index is 12.5. The number of likely N-dealkylation sites (tertiary alicyclic amines) is 1. The number of carbonyl (C=O) groups excluding carboxylic acids is 2. The first-order valence-corrected chi connectivity index (χ1v) is 9.39. The van der Waals surface area contributed by atoms with Crippen molar-refractivity contribution < 1.29 is 19.1 Å². The summed E-state index contributed by atoms with van der Waals surface area (Å²) in [6, 6.07) is 5.83. The van der Waals surface area contributed by atoms with Crippen LogP contribution in [0, 0.1) is 11.8 Å². The van der Waals surface area contributed by atoms with Crippen molar-refractivity contribution in [2.24, 2.45) is 11.8 Å². The van der Waals surface area contributed by atoms with Gasteiger partial charge in [0.2, 0.25) is 11.8 Å². The molecule has 1 aliphatic heterocycles. The highest BCUT2D eigenvalue weighted by Gasteiger charge is 2.47. The lowest BCUT2D eigenvalue weighted by atomic mass is 9.81. The fourth-order valence-corrected chi connectivity index (χ4v) is 3.94. The Balaban J connectivity index is 1.67. The second-order valence-electron chi connectivity index (χ2n) is 6.72. The minimum Gasteiger partial charge on any atom is -0.490 e. The zero-order valence-corrected chi connectivity index (χ0v) is 15.1. The van der Waals surface area contributed by atoms with Crippen molar-refractivity contribution in [3.05, 3.63) is 23.8 Å². The zero-order valence-electron chi connectivity index (χ0n) is 15.1. The Bertz CT molecular complexity index is 619. The second kappa shape index (κ2) is 7.89. The van der Waals surface area contributed by atoms with E-state index in [1.165, 1.54) is 4.90 Å². The highest BCUT2D eigenvalue weighted by molar-refractivity contribution is 6.05. The number of ether oxygens (including phenoxy) is 2. The van der Waals surface area contributed by atoms with Crippen molar-refractivity contribution in [1.82, 2.24) is 4.90 Å². The van der Waals surface area contributed by atoms with Gasteiger partial charge < -0.3 is 9.47 Å². The van der Waals surface area contributed by atoms with E-state index in [0.29, 0.717) is 26.2 Å². The molecule has 25 heavy (non-hydrogen) atoms. The molecule has 136 valence electrons. The molecule has 1 aromatic carbocycles. The molecule has 0 radical (unpaired) electrons. The molecule has 0 aromatic heterocycles. The number of benzene rings is 1. The van der Waals surface area contributed by atoms with Crippen molar-refractivity contribution in [3.8, 4) is 11.5 Å². The van der Waals surface area contributed by atoms with E-state index in [2.05, 4.69) is 0 Å². The van der Waals surface area contributed by atoms with Gasteiger partial charge in [0.25, 0.3) is 0 Å². The third-order valence-electron chi connectivity index (χ3n) is 5.16. The van der Waals surface area contributed by atoms with Gasteiger partial charge in [0.15, 0.2) is 11.5 Å². The molecule has 2 aliphatic rings. The minimum atomic E-state index is -0.0689. The average Bonchev–Trinajstić information content (AvgIpc) is 2.87. The standard InChI is InChI=1S/C20H27NO4/c1-3-24-17-10-9-14(13-18(17)25-4-2)11-12-21-19(22)15-7-5-6-8-16(15)20(21)23/h9-10,13,15-16H,3-8,11-12H2,1-2H3. The number of nitrogens with zero attached hydrogens (tertiary/aromatic N) is 1. The van der Waals surface area contributed by atoms with Crippen LogP contribution >= 0.6 is 0 Å². The number of hydrogen-bond donors (Lipinski definition) is 0. The zero-order chi connectivity index (χ0) is 17.8. The Morgan fingerprint density at radius 1 is 0.960 bits per heavy atom. The van der Waals surface area contributed by atoms with E-state index < -0.39 is 0 Å². The maximum atomic E-state index is 12.5. The Labute approximate surface area is 149 Å². The van der Waals surface area contributed by atoms with Crippen LogP contribution in [0.2, 0.25) is 0 Å². The summed E-state index contributed by atoms with van der Waals surface area (Å²) in [5.74, 6) is 1.37. The van der Waals surface area contributed by atoms with E-state index in [1.54, 1.807) is 0 Å². The van der Waals surface area contributed by atoms with E-state index in [0.717, 1.165) is 42.7 Å². The van der Waals surface area contributed by atoms with E-state index in [1.807, 2.05) is 32.0 Å². The number of carbonyl (C=O) groups is 2. The van der Waals surface area contributed by atoms with Crippen molar-refractivity contribution in [2.75, 3.05) is 19.8 Å². The molecule has 0 spiro atoms. The molecule has 1 aliphatic carbocycles. The van der Waals surface area contributed by atoms with Crippen LogP contribution in [0.25, 0.3) is 0 Å². The van der Waals surface area contributed by atoms with Gasteiger partial charge in [-0.2, -0.15) is 0 Å². The van der Waals surface area contributed by atoms with E-state index in [-0.39, 0.29) is 23.7 Å². The Morgan fingerprint density at radius 2 is 1.56 bits per heavy atom. The summed E-state index contributed by atoms with van der Waals surface area (Å²) in [6.45, 7) is 5.47. The monoisotopic (exact) mass is 345 g/mol. The smallest absolute Gasteiger partial charge is 0.233 e. The topological polar surface area (TPSA) is 55.8 Å². The number of fused-ring (bicyclic) bond motifs is 1. The first kappa shape index (κ1) is 17.8. The fourth-order valence-electron chi connectivity index (χ4n) is 3.94. The largest absolute Gasteiger partial charge is 0.490 e. The maximum Gasteiger partial charge on any atom is 0.233 e. The molecule has 2 fully saturated rings. The highest BCUT2D eigenvalue weighted by Crippen LogP contribution is 2.38. The molecule has 1 saturated heterocycles. The van der Waals surface area contributed by atoms with Gasteiger partial charge in [-0.3, -0.25) is 14.5 Å². The average molecular weight is 345 g/mol. The van der Waals surface area contributed by atoms with Gasteiger partial charge in [0, 0.05) is 6.54 Å². The lowest BCUT2D eigenvalue weighted by molar-refractivity contribution is -0.139. The number of amides is 2. The lowest BCUT2D eigenvalue weighted by Crippen LogP contribution is -2.33. The van der Waals surface area contributed by atoms with Crippen LogP contribution in [-0.4, -0.2) is 36.5 Å². The van der Waals surface area contributed by atoms with E-state index in [4.69, 9.17) is 9.47 Å². The Morgan fingerprint density at radius 3 is 2.16 bits per heavy atom. The van der Waals surface area contributed by atoms with Crippen LogP contribution in [0.15, 0.2) is 18.2 Å². The van der Waals surface area contributed by atoms with Crippen molar-refractivity contribution >= 4 is 11.8 Å². The summed E-state index contributed by atoms with van der Waals surface area (Å²) < 4.78 is 11.2. The van der Waals surface area contributed by atoms with Crippen LogP contribution in [0.3, 0.4) is 0 Å². The van der Waals surface area contributed by atoms with Gasteiger partial charge in [-0.15, -0.1) is 0 Å². The molecular formula is C20H27NO4. The van der Waals surface area contributed by atoms with Gasteiger partial charge in [0.05, 0.1) is 25.0 Å². The molecule has 1 aromatic rings. The molecule has 1 saturated carbocycles. The third-order valence-corrected chi connectivity index (χ3v) is 5.16. The number of hydrogen-bond acceptors (Lipinski definition) is 4. The molecule has 5 nitrogen and oxygen atoms in total. The summed E-state index contributed by atoms with van der Waals surface area (Å²) >= 11 is 0. The molecule has 3 rings (SSSR count). The summed E-state index contributed by atoms with van der Waals surface area (Å²) in [5, 5.41) is 0. The molecule has 0 N–H and O–H groups in total. The summed E-state index contributed by atoms with van der Waals surface area (Å²) in [6.07, 6.45) is 4.49. The quantitative estimate of drug-likeness (QED) is 0.712. The van der Waals surface area contributed by atoms with Gasteiger partial charge >= 0.3 is 0 Å². The van der Waals surface area contributed by atoms with Crippen LogP contribution in [-0.2, 0) is 16.0 Å². The summed E-state index contributed by atoms with van der Waals surface area (Å²) in [5.41, 5.74) is 1.04. The Hall–Kier alpha value is -2.04. The molecule has 1 heterocycles. The second-order valence-corrected chi connectivity index (χ2v) is 6.72. The number of rotatable bonds is 7. The van der Waals surface area contributed by atoms with Gasteiger partial charge in [-0.1, -0.05) is 18.9 Å². The van der Waals surface area contributed by atoms with Crippen molar-refractivity contribution in [2.45, 2.75) is 46.0 Å². The lowest BCUT2D eigenvalue weighted by Gasteiger charge is -2.19. The SMILES string of the molecule is CCOc1ccc(CCN2C(=O)C3CCCCC3C2=O)cc1OCC. The normalized spacial score (nSPS) is 22.9. The highest BCUT2D eigenvalue weighted by atomic mass is 16.5. The van der Waals surface area contributed by atoms with E-state index in [9.17, 15) is 9.59 Å². The van der Waals surface area contributed by atoms with Crippen LogP contribution in [0.5, 0.6) is 11.5 Å². The Kier molecular flexibility index (Phi) is 5.61. The van der Waals surface area contributed by atoms with Gasteiger partial charge in [0.1, 0.15) is 0 Å². The van der Waals surface area contributed by atoms with E-state index >= 15 is 0 Å².